The zero-order valence-electron chi connectivity index (χ0n) is 32.2. The van der Waals surface area contributed by atoms with Crippen LogP contribution in [0.1, 0.15) is 62.2 Å². The number of carbonyl (C=O) groups excluding carboxylic acids is 3. The van der Waals surface area contributed by atoms with Crippen LogP contribution in [-0.4, -0.2) is 67.7 Å². The standard InChI is InChI=1S/C45H49N7O4/c1-45(2,3)56-44(55)51-24-22-36(23-25-51)42(53)47-40(30-33-18-20-35-14-8-10-16-38(35)28-33)43(54)46-39(29-32-17-19-34-13-7-9-15-37(34)27-32)41-48-49-50-52(41)26-21-31-11-5-4-6-12-31/h4-20,27-28,36,39-40H,21-26,29-30H2,1-3H3,(H,46,54)(H,47,53)/t39-,40-/m1/s1. The predicted octanol–water partition coefficient (Wildman–Crippen LogP) is 7.00. The van der Waals surface area contributed by atoms with Gasteiger partial charge in [-0.2, -0.15) is 0 Å². The van der Waals surface area contributed by atoms with E-state index in [9.17, 15) is 14.4 Å². The normalized spacial score (nSPS) is 14.7. The summed E-state index contributed by atoms with van der Waals surface area (Å²) in [5.74, 6) is -0.373. The van der Waals surface area contributed by atoms with Gasteiger partial charge < -0.3 is 20.3 Å². The van der Waals surface area contributed by atoms with E-state index in [0.29, 0.717) is 51.1 Å². The number of fused-ring (bicyclic) bond motifs is 2. The maximum absolute atomic E-state index is 14.6. The molecule has 2 atom stereocenters. The number of nitrogens with zero attached hydrogens (tertiary/aromatic N) is 5. The summed E-state index contributed by atoms with van der Waals surface area (Å²) in [6, 6.07) is 37.3. The van der Waals surface area contributed by atoms with Crippen LogP contribution in [-0.2, 0) is 40.1 Å². The summed E-state index contributed by atoms with van der Waals surface area (Å²) < 4.78 is 7.32. The van der Waals surface area contributed by atoms with Crippen molar-refractivity contribution in [3.8, 4) is 0 Å². The SMILES string of the molecule is CC(C)(C)OC(=O)N1CCC(C(=O)N[C@H](Cc2ccc3ccccc3c2)C(=O)N[C@H](Cc2ccc3ccccc3c2)c2nnnn2CCc2ccccc2)CC1. The summed E-state index contributed by atoms with van der Waals surface area (Å²) in [7, 11) is 0. The molecule has 7 rings (SSSR count). The van der Waals surface area contributed by atoms with E-state index in [2.05, 4.69) is 74.7 Å². The van der Waals surface area contributed by atoms with Crippen molar-refractivity contribution in [1.29, 1.82) is 0 Å². The van der Waals surface area contributed by atoms with Crippen LogP contribution in [0, 0.1) is 5.92 Å². The lowest BCUT2D eigenvalue weighted by atomic mass is 9.94. The number of aromatic nitrogens is 4. The molecule has 56 heavy (non-hydrogen) atoms. The fourth-order valence-electron chi connectivity index (χ4n) is 7.33. The van der Waals surface area contributed by atoms with Gasteiger partial charge in [-0.05, 0) is 88.7 Å². The largest absolute Gasteiger partial charge is 0.444 e. The van der Waals surface area contributed by atoms with Crippen molar-refractivity contribution in [3.63, 3.8) is 0 Å². The number of piperidine rings is 1. The molecular weight excluding hydrogens is 703 g/mol. The Morgan fingerprint density at radius 1 is 0.732 bits per heavy atom. The molecule has 1 aromatic heterocycles. The summed E-state index contributed by atoms with van der Waals surface area (Å²) in [5.41, 5.74) is 2.48. The first kappa shape index (κ1) is 38.2. The molecule has 2 N–H and O–H groups in total. The van der Waals surface area contributed by atoms with Crippen LogP contribution in [0.3, 0.4) is 0 Å². The van der Waals surface area contributed by atoms with E-state index in [0.717, 1.165) is 38.2 Å². The number of ether oxygens (including phenoxy) is 1. The second-order valence-corrected chi connectivity index (χ2v) is 15.6. The van der Waals surface area contributed by atoms with Crippen LogP contribution in [0.25, 0.3) is 21.5 Å². The van der Waals surface area contributed by atoms with E-state index in [1.54, 1.807) is 9.58 Å². The molecule has 5 aromatic carbocycles. The summed E-state index contributed by atoms with van der Waals surface area (Å²) >= 11 is 0. The molecule has 11 heteroatoms. The number of benzene rings is 5. The van der Waals surface area contributed by atoms with Crippen LogP contribution < -0.4 is 10.6 Å². The first-order chi connectivity index (χ1) is 27.1. The minimum absolute atomic E-state index is 0.214. The van der Waals surface area contributed by atoms with Crippen LogP contribution in [0.5, 0.6) is 0 Å². The highest BCUT2D eigenvalue weighted by molar-refractivity contribution is 5.90. The molecule has 6 aromatic rings. The summed E-state index contributed by atoms with van der Waals surface area (Å²) in [4.78, 5) is 43.0. The van der Waals surface area contributed by atoms with Gasteiger partial charge in [-0.15, -0.1) is 5.10 Å². The van der Waals surface area contributed by atoms with Crippen LogP contribution in [0.2, 0.25) is 0 Å². The number of hydrogen-bond acceptors (Lipinski definition) is 7. The fraction of sp³-hybridized carbons (Fsp3) is 0.333. The lowest BCUT2D eigenvalue weighted by molar-refractivity contribution is -0.132. The van der Waals surface area contributed by atoms with Gasteiger partial charge in [0.2, 0.25) is 11.8 Å². The molecular formula is C45H49N7O4. The highest BCUT2D eigenvalue weighted by Gasteiger charge is 2.33. The third-order valence-electron chi connectivity index (χ3n) is 10.3. The van der Waals surface area contributed by atoms with Crippen LogP contribution in [0.15, 0.2) is 115 Å². The minimum atomic E-state index is -0.889. The first-order valence-corrected chi connectivity index (χ1v) is 19.4. The lowest BCUT2D eigenvalue weighted by Crippen LogP contribution is -2.52. The molecule has 2 heterocycles. The van der Waals surface area contributed by atoms with Crippen molar-refractivity contribution in [2.75, 3.05) is 13.1 Å². The van der Waals surface area contributed by atoms with Gasteiger partial charge in [0, 0.05) is 38.4 Å². The van der Waals surface area contributed by atoms with Gasteiger partial charge in [0.25, 0.3) is 0 Å². The van der Waals surface area contributed by atoms with Crippen molar-refractivity contribution in [3.05, 3.63) is 138 Å². The molecule has 1 aliphatic heterocycles. The second-order valence-electron chi connectivity index (χ2n) is 15.6. The Morgan fingerprint density at radius 2 is 1.32 bits per heavy atom. The second kappa shape index (κ2) is 17.1. The topological polar surface area (TPSA) is 131 Å². The summed E-state index contributed by atoms with van der Waals surface area (Å²) in [6.07, 6.45) is 1.98. The minimum Gasteiger partial charge on any atom is -0.444 e. The summed E-state index contributed by atoms with van der Waals surface area (Å²) in [6.45, 7) is 6.83. The molecule has 0 saturated carbocycles. The predicted molar refractivity (Wildman–Crippen MR) is 217 cm³/mol. The van der Waals surface area contributed by atoms with Gasteiger partial charge in [-0.3, -0.25) is 9.59 Å². The lowest BCUT2D eigenvalue weighted by Gasteiger charge is -2.33. The molecule has 1 aliphatic rings. The number of tetrazole rings is 1. The molecule has 0 spiro atoms. The molecule has 1 saturated heterocycles. The number of amides is 3. The van der Waals surface area contributed by atoms with Crippen molar-refractivity contribution in [1.82, 2.24) is 35.7 Å². The number of hydrogen-bond donors (Lipinski definition) is 2. The monoisotopic (exact) mass is 751 g/mol. The van der Waals surface area contributed by atoms with E-state index in [1.807, 2.05) is 87.5 Å². The molecule has 0 aliphatic carbocycles. The number of likely N-dealkylation sites (tertiary alicyclic amines) is 1. The van der Waals surface area contributed by atoms with E-state index in [-0.39, 0.29) is 30.2 Å². The fourth-order valence-corrected chi connectivity index (χ4v) is 7.33. The number of nitrogens with one attached hydrogen (secondary N) is 2. The van der Waals surface area contributed by atoms with Gasteiger partial charge in [0.05, 0.1) is 6.04 Å². The van der Waals surface area contributed by atoms with Crippen LogP contribution in [0.4, 0.5) is 4.79 Å². The van der Waals surface area contributed by atoms with Gasteiger partial charge in [-0.25, -0.2) is 9.48 Å². The van der Waals surface area contributed by atoms with Gasteiger partial charge >= 0.3 is 6.09 Å². The number of rotatable bonds is 12. The molecule has 0 bridgehead atoms. The average Bonchev–Trinajstić information content (AvgIpc) is 3.68. The maximum atomic E-state index is 14.6. The van der Waals surface area contributed by atoms with Gasteiger partial charge in [0.15, 0.2) is 5.82 Å². The van der Waals surface area contributed by atoms with Gasteiger partial charge in [-0.1, -0.05) is 115 Å². The number of carbonyl (C=O) groups is 3. The van der Waals surface area contributed by atoms with E-state index < -0.39 is 17.7 Å². The van der Waals surface area contributed by atoms with Gasteiger partial charge in [0.1, 0.15) is 11.6 Å². The molecule has 288 valence electrons. The third kappa shape index (κ3) is 9.76. The molecule has 0 radical (unpaired) electrons. The Morgan fingerprint density at radius 3 is 1.95 bits per heavy atom. The highest BCUT2D eigenvalue weighted by atomic mass is 16.6. The van der Waals surface area contributed by atoms with Crippen LogP contribution >= 0.6 is 0 Å². The molecule has 0 unspecified atom stereocenters. The Balaban J connectivity index is 1.14. The molecule has 1 fully saturated rings. The average molecular weight is 752 g/mol. The van der Waals surface area contributed by atoms with Crippen molar-refractivity contribution in [2.24, 2.45) is 5.92 Å². The molecule has 3 amide bonds. The number of aryl methyl sites for hydroxylation is 2. The Hall–Kier alpha value is -6.10. The Labute approximate surface area is 327 Å². The zero-order valence-corrected chi connectivity index (χ0v) is 32.2. The Kier molecular flexibility index (Phi) is 11.7. The highest BCUT2D eigenvalue weighted by Crippen LogP contribution is 2.24. The van der Waals surface area contributed by atoms with E-state index in [4.69, 9.17) is 4.74 Å². The maximum Gasteiger partial charge on any atom is 0.410 e. The third-order valence-corrected chi connectivity index (χ3v) is 10.3. The molecule has 11 nitrogen and oxygen atoms in total. The first-order valence-electron chi connectivity index (χ1n) is 19.4. The quantitative estimate of drug-likeness (QED) is 0.138. The summed E-state index contributed by atoms with van der Waals surface area (Å²) in [5, 5.41) is 23.6. The smallest absolute Gasteiger partial charge is 0.410 e. The zero-order chi connectivity index (χ0) is 39.1. The Bertz CT molecular complexity index is 2290. The van der Waals surface area contributed by atoms with E-state index in [1.165, 1.54) is 0 Å². The van der Waals surface area contributed by atoms with Crippen molar-refractivity contribution in [2.45, 2.75) is 77.1 Å². The van der Waals surface area contributed by atoms with E-state index >= 15 is 0 Å². The van der Waals surface area contributed by atoms with Crippen molar-refractivity contribution < 1.29 is 19.1 Å². The van der Waals surface area contributed by atoms with Crippen molar-refractivity contribution >= 4 is 39.5 Å².